The van der Waals surface area contributed by atoms with E-state index >= 15 is 0 Å². The predicted octanol–water partition coefficient (Wildman–Crippen LogP) is 5.34. The fourth-order valence-corrected chi connectivity index (χ4v) is 3.18. The lowest BCUT2D eigenvalue weighted by Gasteiger charge is -2.12. The van der Waals surface area contributed by atoms with Crippen LogP contribution >= 0.6 is 11.3 Å². The maximum atomic E-state index is 12.6. The highest BCUT2D eigenvalue weighted by molar-refractivity contribution is 7.16. The van der Waals surface area contributed by atoms with Gasteiger partial charge in [0.15, 0.2) is 5.75 Å². The van der Waals surface area contributed by atoms with Crippen molar-refractivity contribution in [3.8, 4) is 11.5 Å². The molecular formula is C20H14N2O2S. The summed E-state index contributed by atoms with van der Waals surface area (Å²) >= 11 is 1.51. The molecule has 0 saturated heterocycles. The van der Waals surface area contributed by atoms with E-state index in [1.54, 1.807) is 11.6 Å². The Hall–Kier alpha value is -3.18. The molecule has 5 heteroatoms. The normalized spacial score (nSPS) is 10.6. The zero-order valence-electron chi connectivity index (χ0n) is 13.2. The number of anilines is 1. The molecule has 4 rings (SSSR count). The van der Waals surface area contributed by atoms with Crippen LogP contribution in [0.1, 0.15) is 10.4 Å². The van der Waals surface area contributed by atoms with Gasteiger partial charge in [-0.3, -0.25) is 4.79 Å². The number of carbonyl (C=O) groups is 1. The number of nitrogens with one attached hydrogen (secondary N) is 1. The highest BCUT2D eigenvalue weighted by Gasteiger charge is 2.11. The Kier molecular flexibility index (Phi) is 4.14. The first kappa shape index (κ1) is 15.4. The van der Waals surface area contributed by atoms with Crippen molar-refractivity contribution in [3.63, 3.8) is 0 Å². The molecule has 4 nitrogen and oxygen atoms in total. The van der Waals surface area contributed by atoms with Crippen molar-refractivity contribution in [2.24, 2.45) is 0 Å². The fourth-order valence-electron chi connectivity index (χ4n) is 2.47. The number of para-hydroxylation sites is 3. The summed E-state index contributed by atoms with van der Waals surface area (Å²) in [5.41, 5.74) is 3.89. The van der Waals surface area contributed by atoms with Crippen LogP contribution in [0.25, 0.3) is 10.2 Å². The van der Waals surface area contributed by atoms with Crippen molar-refractivity contribution < 1.29 is 9.53 Å². The molecule has 4 aromatic rings. The smallest absolute Gasteiger partial charge is 0.255 e. The van der Waals surface area contributed by atoms with E-state index in [0.29, 0.717) is 17.0 Å². The van der Waals surface area contributed by atoms with Crippen molar-refractivity contribution in [2.75, 3.05) is 5.32 Å². The summed E-state index contributed by atoms with van der Waals surface area (Å²) < 4.78 is 6.87. The molecule has 0 unspecified atom stereocenters. The number of fused-ring (bicyclic) bond motifs is 1. The van der Waals surface area contributed by atoms with Crippen LogP contribution < -0.4 is 10.1 Å². The average molecular weight is 346 g/mol. The molecule has 1 heterocycles. The van der Waals surface area contributed by atoms with E-state index in [1.165, 1.54) is 11.3 Å². The lowest BCUT2D eigenvalue weighted by molar-refractivity contribution is 0.102. The second kappa shape index (κ2) is 6.75. The van der Waals surface area contributed by atoms with Crippen LogP contribution in [0.2, 0.25) is 0 Å². The van der Waals surface area contributed by atoms with E-state index in [2.05, 4.69) is 10.3 Å². The van der Waals surface area contributed by atoms with E-state index in [0.717, 1.165) is 16.0 Å². The number of hydrogen-bond donors (Lipinski definition) is 1. The van der Waals surface area contributed by atoms with Crippen molar-refractivity contribution in [2.45, 2.75) is 0 Å². The van der Waals surface area contributed by atoms with Gasteiger partial charge in [-0.2, -0.15) is 0 Å². The van der Waals surface area contributed by atoms with Gasteiger partial charge in [0.2, 0.25) is 0 Å². The van der Waals surface area contributed by atoms with Crippen molar-refractivity contribution in [1.82, 2.24) is 4.98 Å². The third-order valence-corrected chi connectivity index (χ3v) is 4.49. The van der Waals surface area contributed by atoms with Crippen molar-refractivity contribution in [3.05, 3.63) is 83.9 Å². The van der Waals surface area contributed by atoms with Gasteiger partial charge < -0.3 is 10.1 Å². The molecule has 1 aromatic heterocycles. The molecular weight excluding hydrogens is 332 g/mol. The van der Waals surface area contributed by atoms with E-state index in [4.69, 9.17) is 4.74 Å². The van der Waals surface area contributed by atoms with E-state index in [9.17, 15) is 4.79 Å². The molecule has 1 amide bonds. The average Bonchev–Trinajstić information content (AvgIpc) is 3.12. The Morgan fingerprint density at radius 1 is 0.960 bits per heavy atom. The van der Waals surface area contributed by atoms with E-state index < -0.39 is 0 Å². The van der Waals surface area contributed by atoms with Crippen LogP contribution in [-0.2, 0) is 0 Å². The van der Waals surface area contributed by atoms with Crippen LogP contribution in [0.3, 0.4) is 0 Å². The van der Waals surface area contributed by atoms with Gasteiger partial charge in [-0.05, 0) is 42.5 Å². The molecule has 122 valence electrons. The quantitative estimate of drug-likeness (QED) is 0.542. The van der Waals surface area contributed by atoms with Crippen LogP contribution in [0.5, 0.6) is 11.5 Å². The van der Waals surface area contributed by atoms with Gasteiger partial charge in [0, 0.05) is 5.56 Å². The summed E-state index contributed by atoms with van der Waals surface area (Å²) in [7, 11) is 0. The van der Waals surface area contributed by atoms with Crippen LogP contribution in [0.4, 0.5) is 5.69 Å². The van der Waals surface area contributed by atoms with Crippen LogP contribution in [-0.4, -0.2) is 10.9 Å². The van der Waals surface area contributed by atoms with Crippen LogP contribution in [0, 0.1) is 0 Å². The second-order valence-corrected chi connectivity index (χ2v) is 6.29. The summed E-state index contributed by atoms with van der Waals surface area (Å²) in [6.45, 7) is 0. The zero-order valence-corrected chi connectivity index (χ0v) is 14.0. The fraction of sp³-hybridized carbons (Fsp3) is 0. The first-order valence-electron chi connectivity index (χ1n) is 7.76. The number of amides is 1. The number of benzene rings is 3. The molecule has 25 heavy (non-hydrogen) atoms. The first-order chi connectivity index (χ1) is 12.3. The third kappa shape index (κ3) is 3.36. The van der Waals surface area contributed by atoms with Gasteiger partial charge in [-0.1, -0.05) is 30.3 Å². The molecule has 0 aliphatic carbocycles. The molecule has 0 saturated carbocycles. The summed E-state index contributed by atoms with van der Waals surface area (Å²) in [5, 5.41) is 2.92. The minimum Gasteiger partial charge on any atom is -0.455 e. The predicted molar refractivity (Wildman–Crippen MR) is 101 cm³/mol. The molecule has 0 aliphatic rings. The van der Waals surface area contributed by atoms with Crippen molar-refractivity contribution >= 4 is 33.1 Å². The molecule has 3 aromatic carbocycles. The third-order valence-electron chi connectivity index (χ3n) is 3.70. The molecule has 0 radical (unpaired) electrons. The minimum absolute atomic E-state index is 0.181. The molecule has 0 aliphatic heterocycles. The molecule has 0 atom stereocenters. The van der Waals surface area contributed by atoms with Gasteiger partial charge in [0.05, 0.1) is 21.4 Å². The Labute approximate surface area is 148 Å². The number of nitrogens with zero attached hydrogens (tertiary/aromatic N) is 1. The largest absolute Gasteiger partial charge is 0.455 e. The van der Waals surface area contributed by atoms with Crippen LogP contribution in [0.15, 0.2) is 78.3 Å². The Balaban J connectivity index is 1.58. The number of carbonyl (C=O) groups excluding carboxylic acids is 1. The van der Waals surface area contributed by atoms with Gasteiger partial charge in [-0.15, -0.1) is 11.3 Å². The minimum atomic E-state index is -0.181. The monoisotopic (exact) mass is 346 g/mol. The van der Waals surface area contributed by atoms with E-state index in [-0.39, 0.29) is 5.91 Å². The summed E-state index contributed by atoms with van der Waals surface area (Å²) in [6, 6.07) is 22.3. The Morgan fingerprint density at radius 3 is 2.64 bits per heavy atom. The Morgan fingerprint density at radius 2 is 1.76 bits per heavy atom. The standard InChI is InChI=1S/C20H14N2O2S/c23-20(14-10-11-17-19(12-14)25-13-21-17)22-16-8-4-5-9-18(16)24-15-6-2-1-3-7-15/h1-13H,(H,22,23). The lowest BCUT2D eigenvalue weighted by Crippen LogP contribution is -2.12. The first-order valence-corrected chi connectivity index (χ1v) is 8.64. The lowest BCUT2D eigenvalue weighted by atomic mass is 10.2. The number of hydrogen-bond acceptors (Lipinski definition) is 4. The Bertz CT molecular complexity index is 1030. The molecule has 0 fully saturated rings. The molecule has 0 spiro atoms. The van der Waals surface area contributed by atoms with Gasteiger partial charge >= 0.3 is 0 Å². The second-order valence-electron chi connectivity index (χ2n) is 5.40. The SMILES string of the molecule is O=C(Nc1ccccc1Oc1ccccc1)c1ccc2ncsc2c1. The number of ether oxygens (including phenoxy) is 1. The highest BCUT2D eigenvalue weighted by Crippen LogP contribution is 2.29. The zero-order chi connectivity index (χ0) is 17.1. The van der Waals surface area contributed by atoms with Gasteiger partial charge in [0.1, 0.15) is 5.75 Å². The number of thiazole rings is 1. The topological polar surface area (TPSA) is 51.2 Å². The van der Waals surface area contributed by atoms with E-state index in [1.807, 2.05) is 66.7 Å². The highest BCUT2D eigenvalue weighted by atomic mass is 32.1. The van der Waals surface area contributed by atoms with Gasteiger partial charge in [0.25, 0.3) is 5.91 Å². The molecule has 1 N–H and O–H groups in total. The summed E-state index contributed by atoms with van der Waals surface area (Å²) in [5.74, 6) is 1.13. The summed E-state index contributed by atoms with van der Waals surface area (Å²) in [6.07, 6.45) is 0. The molecule has 0 bridgehead atoms. The maximum Gasteiger partial charge on any atom is 0.255 e. The summed E-state index contributed by atoms with van der Waals surface area (Å²) in [4.78, 5) is 16.8. The maximum absolute atomic E-state index is 12.6. The number of aromatic nitrogens is 1. The van der Waals surface area contributed by atoms with Gasteiger partial charge in [-0.25, -0.2) is 4.98 Å². The van der Waals surface area contributed by atoms with Crippen molar-refractivity contribution in [1.29, 1.82) is 0 Å². The number of rotatable bonds is 4.